The van der Waals surface area contributed by atoms with Crippen LogP contribution in [0.4, 0.5) is 0 Å². The first-order chi connectivity index (χ1) is 9.50. The number of nitrogens with zero attached hydrogens (tertiary/aromatic N) is 2. The molecule has 2 aliphatic rings. The van der Waals surface area contributed by atoms with Gasteiger partial charge in [0.15, 0.2) is 0 Å². The van der Waals surface area contributed by atoms with Crippen LogP contribution in [0.3, 0.4) is 0 Å². The fraction of sp³-hybridized carbons (Fsp3) is 0.375. The van der Waals surface area contributed by atoms with Gasteiger partial charge in [-0.25, -0.2) is 4.98 Å². The van der Waals surface area contributed by atoms with Gasteiger partial charge in [0.25, 0.3) is 0 Å². The molecule has 1 fully saturated rings. The van der Waals surface area contributed by atoms with E-state index in [-0.39, 0.29) is 11.7 Å². The number of nitriles is 1. The van der Waals surface area contributed by atoms with Crippen LogP contribution < -0.4 is 10.6 Å². The lowest BCUT2D eigenvalue weighted by Crippen LogP contribution is -2.47. The number of ether oxygens (including phenoxy) is 1. The summed E-state index contributed by atoms with van der Waals surface area (Å²) in [6.07, 6.45) is 5.39. The second-order valence-electron chi connectivity index (χ2n) is 5.77. The highest BCUT2D eigenvalue weighted by Gasteiger charge is 2.37. The number of rotatable bonds is 0. The maximum Gasteiger partial charge on any atom is 0.141 e. The Morgan fingerprint density at radius 1 is 1.45 bits per heavy atom. The highest BCUT2D eigenvalue weighted by molar-refractivity contribution is 5.61. The lowest BCUT2D eigenvalue weighted by molar-refractivity contribution is -0.0778. The van der Waals surface area contributed by atoms with Crippen molar-refractivity contribution in [3.8, 4) is 6.07 Å². The number of hydrogen-bond acceptors (Lipinski definition) is 4. The highest BCUT2D eigenvalue weighted by atomic mass is 16.5. The zero-order valence-corrected chi connectivity index (χ0v) is 11.5. The topological polar surface area (TPSA) is 66.1 Å². The Hall–Kier alpha value is -1.96. The summed E-state index contributed by atoms with van der Waals surface area (Å²) in [5.41, 5.74) is 0.850. The molecule has 2 unspecified atom stereocenters. The summed E-state index contributed by atoms with van der Waals surface area (Å²) in [5.74, 6) is 0. The molecular formula is C16H16N2O2. The van der Waals surface area contributed by atoms with Crippen molar-refractivity contribution in [1.82, 2.24) is 4.98 Å². The predicted octanol–water partition coefficient (Wildman–Crippen LogP) is 0.383. The van der Waals surface area contributed by atoms with Crippen LogP contribution in [0.5, 0.6) is 0 Å². The molecule has 0 spiro atoms. The minimum Gasteiger partial charge on any atom is -0.389 e. The fourth-order valence-electron chi connectivity index (χ4n) is 2.85. The average molecular weight is 268 g/mol. The Morgan fingerprint density at radius 3 is 3.00 bits per heavy atom. The first-order valence-electron chi connectivity index (χ1n) is 6.66. The monoisotopic (exact) mass is 268 g/mol. The van der Waals surface area contributed by atoms with Crippen LogP contribution in [0, 0.1) is 11.3 Å². The largest absolute Gasteiger partial charge is 0.389 e. The Labute approximate surface area is 117 Å². The molecule has 1 aliphatic carbocycles. The SMILES string of the molecule is CC1(C)CC(O)C2=c3ccc(C#N)nc3=CC=CC2O1. The van der Waals surface area contributed by atoms with Gasteiger partial charge in [-0.15, -0.1) is 0 Å². The number of pyridine rings is 1. The Morgan fingerprint density at radius 2 is 2.25 bits per heavy atom. The molecule has 1 saturated heterocycles. The van der Waals surface area contributed by atoms with E-state index in [0.717, 1.165) is 10.8 Å². The van der Waals surface area contributed by atoms with E-state index in [1.54, 1.807) is 6.07 Å². The molecule has 20 heavy (non-hydrogen) atoms. The lowest BCUT2D eigenvalue weighted by Gasteiger charge is -2.39. The van der Waals surface area contributed by atoms with Crippen molar-refractivity contribution in [3.05, 3.63) is 40.5 Å². The van der Waals surface area contributed by atoms with Crippen molar-refractivity contribution in [2.75, 3.05) is 0 Å². The Kier molecular flexibility index (Phi) is 2.97. The molecule has 4 heteroatoms. The van der Waals surface area contributed by atoms with E-state index in [0.29, 0.717) is 17.5 Å². The Balaban J connectivity index is 2.26. The molecule has 0 bridgehead atoms. The quantitative estimate of drug-likeness (QED) is 0.739. The van der Waals surface area contributed by atoms with Crippen molar-refractivity contribution in [2.45, 2.75) is 38.1 Å². The fourth-order valence-corrected chi connectivity index (χ4v) is 2.85. The minimum absolute atomic E-state index is 0.249. The van der Waals surface area contributed by atoms with E-state index in [9.17, 15) is 5.11 Å². The van der Waals surface area contributed by atoms with Gasteiger partial charge < -0.3 is 9.84 Å². The van der Waals surface area contributed by atoms with Gasteiger partial charge in [0.05, 0.1) is 17.1 Å². The molecule has 0 amide bonds. The van der Waals surface area contributed by atoms with Crippen LogP contribution in [-0.4, -0.2) is 27.9 Å². The molecule has 0 radical (unpaired) electrons. The first kappa shape index (κ1) is 13.0. The number of aromatic nitrogens is 1. The third-order valence-electron chi connectivity index (χ3n) is 3.69. The summed E-state index contributed by atoms with van der Waals surface area (Å²) in [5, 5.41) is 21.0. The van der Waals surface area contributed by atoms with E-state index in [1.165, 1.54) is 0 Å². The molecule has 1 aromatic heterocycles. The van der Waals surface area contributed by atoms with Gasteiger partial charge in [-0.3, -0.25) is 0 Å². The summed E-state index contributed by atoms with van der Waals surface area (Å²) in [6.45, 7) is 3.96. The van der Waals surface area contributed by atoms with Crippen LogP contribution >= 0.6 is 0 Å². The predicted molar refractivity (Wildman–Crippen MR) is 74.8 cm³/mol. The number of allylic oxidation sites excluding steroid dienone is 1. The average Bonchev–Trinajstić information content (AvgIpc) is 2.55. The van der Waals surface area contributed by atoms with Crippen molar-refractivity contribution in [2.24, 2.45) is 0 Å². The third kappa shape index (κ3) is 2.15. The number of aliphatic hydroxyl groups excluding tert-OH is 1. The van der Waals surface area contributed by atoms with Gasteiger partial charge in [0, 0.05) is 17.2 Å². The van der Waals surface area contributed by atoms with Crippen LogP contribution in [0.25, 0.3) is 11.6 Å². The molecule has 2 heterocycles. The summed E-state index contributed by atoms with van der Waals surface area (Å²) in [7, 11) is 0. The zero-order chi connectivity index (χ0) is 14.3. The maximum absolute atomic E-state index is 10.5. The molecule has 4 nitrogen and oxygen atoms in total. The smallest absolute Gasteiger partial charge is 0.141 e. The van der Waals surface area contributed by atoms with Crippen LogP contribution in [-0.2, 0) is 4.74 Å². The van der Waals surface area contributed by atoms with Gasteiger partial charge in [-0.1, -0.05) is 12.2 Å². The van der Waals surface area contributed by atoms with E-state index in [1.807, 2.05) is 44.2 Å². The molecule has 102 valence electrons. The highest BCUT2D eigenvalue weighted by Crippen LogP contribution is 2.33. The lowest BCUT2D eigenvalue weighted by atomic mass is 9.87. The Bertz CT molecular complexity index is 741. The first-order valence-corrected chi connectivity index (χ1v) is 6.66. The van der Waals surface area contributed by atoms with Gasteiger partial charge >= 0.3 is 0 Å². The van der Waals surface area contributed by atoms with Crippen molar-refractivity contribution >= 4 is 11.6 Å². The molecule has 1 aromatic rings. The molecule has 1 N–H and O–H groups in total. The van der Waals surface area contributed by atoms with Crippen LogP contribution in [0.2, 0.25) is 0 Å². The third-order valence-corrected chi connectivity index (χ3v) is 3.69. The summed E-state index contributed by atoms with van der Waals surface area (Å²) in [4.78, 5) is 4.30. The van der Waals surface area contributed by atoms with Crippen LogP contribution in [0.15, 0.2) is 24.3 Å². The van der Waals surface area contributed by atoms with Gasteiger partial charge in [-0.05, 0) is 32.1 Å². The summed E-state index contributed by atoms with van der Waals surface area (Å²) in [6, 6.07) is 5.56. The maximum atomic E-state index is 10.5. The summed E-state index contributed by atoms with van der Waals surface area (Å²) < 4.78 is 6.04. The van der Waals surface area contributed by atoms with Crippen molar-refractivity contribution in [1.29, 1.82) is 5.26 Å². The van der Waals surface area contributed by atoms with E-state index < -0.39 is 6.10 Å². The minimum atomic E-state index is -0.562. The number of fused-ring (bicyclic) bond motifs is 2. The molecule has 0 saturated carbocycles. The summed E-state index contributed by atoms with van der Waals surface area (Å²) >= 11 is 0. The normalized spacial score (nSPS) is 26.8. The molecule has 3 rings (SSSR count). The van der Waals surface area contributed by atoms with E-state index >= 15 is 0 Å². The van der Waals surface area contributed by atoms with Crippen molar-refractivity contribution in [3.63, 3.8) is 0 Å². The number of hydrogen-bond donors (Lipinski definition) is 1. The van der Waals surface area contributed by atoms with Gasteiger partial charge in [0.2, 0.25) is 0 Å². The van der Waals surface area contributed by atoms with Gasteiger partial charge in [0.1, 0.15) is 17.9 Å². The van der Waals surface area contributed by atoms with Crippen molar-refractivity contribution < 1.29 is 9.84 Å². The second-order valence-corrected chi connectivity index (χ2v) is 5.77. The molecule has 2 atom stereocenters. The molecular weight excluding hydrogens is 252 g/mol. The standard InChI is InChI=1S/C16H16N2O2/c1-16(2)8-13(19)15-11-7-6-10(9-17)18-12(11)4-3-5-14(15)20-16/h3-7,13-14,19H,8H2,1-2H3. The number of aliphatic hydroxyl groups is 1. The van der Waals surface area contributed by atoms with Crippen LogP contribution in [0.1, 0.15) is 26.0 Å². The van der Waals surface area contributed by atoms with E-state index in [4.69, 9.17) is 10.00 Å². The second kappa shape index (κ2) is 4.55. The van der Waals surface area contributed by atoms with Gasteiger partial charge in [-0.2, -0.15) is 5.26 Å². The molecule has 1 aliphatic heterocycles. The van der Waals surface area contributed by atoms with E-state index in [2.05, 4.69) is 4.98 Å². The zero-order valence-electron chi connectivity index (χ0n) is 11.5. The molecule has 0 aromatic carbocycles.